The molecule has 0 aliphatic heterocycles. The second kappa shape index (κ2) is 7.79. The summed E-state index contributed by atoms with van der Waals surface area (Å²) in [6, 6.07) is 8.00. The fourth-order valence-corrected chi connectivity index (χ4v) is 2.92. The molecule has 1 saturated carbocycles. The van der Waals surface area contributed by atoms with Crippen molar-refractivity contribution in [1.29, 1.82) is 0 Å². The molecule has 0 spiro atoms. The van der Waals surface area contributed by atoms with E-state index >= 15 is 0 Å². The summed E-state index contributed by atoms with van der Waals surface area (Å²) in [5.74, 6) is 0.0385. The van der Waals surface area contributed by atoms with E-state index < -0.39 is 0 Å². The Morgan fingerprint density at radius 3 is 2.35 bits per heavy atom. The largest absolute Gasteiger partial charge is 0.325 e. The molecule has 1 aromatic carbocycles. The lowest BCUT2D eigenvalue weighted by Crippen LogP contribution is -2.43. The van der Waals surface area contributed by atoms with Crippen LogP contribution in [-0.4, -0.2) is 18.0 Å². The Kier molecular flexibility index (Phi) is 6.05. The molecule has 110 valence electrons. The third-order valence-corrected chi connectivity index (χ3v) is 4.37. The van der Waals surface area contributed by atoms with Crippen LogP contribution in [0.4, 0.5) is 5.69 Å². The van der Waals surface area contributed by atoms with Gasteiger partial charge in [-0.15, -0.1) is 0 Å². The summed E-state index contributed by atoms with van der Waals surface area (Å²) in [6.07, 6.45) is 7.60. The van der Waals surface area contributed by atoms with Gasteiger partial charge in [0.2, 0.25) is 5.91 Å². The summed E-state index contributed by atoms with van der Waals surface area (Å²) < 4.78 is 1.01. The number of hydrogen-bond acceptors (Lipinski definition) is 2. The smallest absolute Gasteiger partial charge is 0.241 e. The van der Waals surface area contributed by atoms with Crippen LogP contribution in [-0.2, 0) is 4.79 Å². The molecule has 1 fully saturated rings. The molecule has 1 aliphatic carbocycles. The molecular formula is C16H23BrN2O. The van der Waals surface area contributed by atoms with Crippen LogP contribution < -0.4 is 10.6 Å². The minimum atomic E-state index is -0.151. The molecule has 1 amide bonds. The maximum Gasteiger partial charge on any atom is 0.241 e. The SMILES string of the molecule is C[C@@H](NC1CCCCCC1)C(=O)Nc1ccc(Br)cc1. The van der Waals surface area contributed by atoms with Crippen molar-refractivity contribution >= 4 is 27.5 Å². The van der Waals surface area contributed by atoms with Gasteiger partial charge in [-0.2, -0.15) is 0 Å². The van der Waals surface area contributed by atoms with Crippen LogP contribution in [0.3, 0.4) is 0 Å². The zero-order valence-corrected chi connectivity index (χ0v) is 13.6. The van der Waals surface area contributed by atoms with Crippen LogP contribution in [0, 0.1) is 0 Å². The van der Waals surface area contributed by atoms with E-state index in [-0.39, 0.29) is 11.9 Å². The van der Waals surface area contributed by atoms with Crippen molar-refractivity contribution < 1.29 is 4.79 Å². The summed E-state index contributed by atoms with van der Waals surface area (Å²) in [4.78, 5) is 12.2. The van der Waals surface area contributed by atoms with Gasteiger partial charge in [0.25, 0.3) is 0 Å². The van der Waals surface area contributed by atoms with E-state index in [1.807, 2.05) is 31.2 Å². The molecule has 1 atom stereocenters. The number of rotatable bonds is 4. The first-order valence-electron chi connectivity index (χ1n) is 7.47. The van der Waals surface area contributed by atoms with Gasteiger partial charge in [-0.1, -0.05) is 41.6 Å². The van der Waals surface area contributed by atoms with Gasteiger partial charge in [-0.25, -0.2) is 0 Å². The van der Waals surface area contributed by atoms with Gasteiger partial charge in [0.1, 0.15) is 0 Å². The summed E-state index contributed by atoms with van der Waals surface area (Å²) >= 11 is 3.39. The number of hydrogen-bond donors (Lipinski definition) is 2. The number of carbonyl (C=O) groups excluding carboxylic acids is 1. The first-order valence-corrected chi connectivity index (χ1v) is 8.27. The van der Waals surface area contributed by atoms with E-state index in [2.05, 4.69) is 26.6 Å². The predicted molar refractivity (Wildman–Crippen MR) is 86.9 cm³/mol. The van der Waals surface area contributed by atoms with E-state index in [1.54, 1.807) is 0 Å². The zero-order valence-electron chi connectivity index (χ0n) is 12.0. The minimum absolute atomic E-state index is 0.0385. The van der Waals surface area contributed by atoms with Crippen LogP contribution in [0.25, 0.3) is 0 Å². The second-order valence-corrected chi connectivity index (χ2v) is 6.49. The number of benzene rings is 1. The number of carbonyl (C=O) groups is 1. The van der Waals surface area contributed by atoms with Crippen molar-refractivity contribution in [2.45, 2.75) is 57.5 Å². The molecule has 2 rings (SSSR count). The van der Waals surface area contributed by atoms with Gasteiger partial charge < -0.3 is 10.6 Å². The highest BCUT2D eigenvalue weighted by Crippen LogP contribution is 2.18. The highest BCUT2D eigenvalue weighted by Gasteiger charge is 2.19. The van der Waals surface area contributed by atoms with Crippen molar-refractivity contribution in [1.82, 2.24) is 5.32 Å². The number of amides is 1. The van der Waals surface area contributed by atoms with Crippen molar-refractivity contribution in [2.24, 2.45) is 0 Å². The fraction of sp³-hybridized carbons (Fsp3) is 0.562. The lowest BCUT2D eigenvalue weighted by molar-refractivity contribution is -0.118. The molecule has 0 heterocycles. The normalized spacial score (nSPS) is 18.3. The maximum absolute atomic E-state index is 12.2. The quantitative estimate of drug-likeness (QED) is 0.812. The molecule has 0 unspecified atom stereocenters. The Balaban J connectivity index is 1.83. The first-order chi connectivity index (χ1) is 9.65. The van der Waals surface area contributed by atoms with Crippen molar-refractivity contribution in [3.05, 3.63) is 28.7 Å². The Morgan fingerprint density at radius 1 is 1.15 bits per heavy atom. The molecule has 1 aromatic rings. The predicted octanol–water partition coefficient (Wildman–Crippen LogP) is 4.09. The van der Waals surface area contributed by atoms with Crippen LogP contribution in [0.2, 0.25) is 0 Å². The third-order valence-electron chi connectivity index (χ3n) is 3.85. The van der Waals surface area contributed by atoms with E-state index in [4.69, 9.17) is 0 Å². The highest BCUT2D eigenvalue weighted by atomic mass is 79.9. The van der Waals surface area contributed by atoms with Gasteiger partial charge in [0.15, 0.2) is 0 Å². The van der Waals surface area contributed by atoms with Crippen LogP contribution >= 0.6 is 15.9 Å². The first kappa shape index (κ1) is 15.5. The Labute approximate surface area is 129 Å². The van der Waals surface area contributed by atoms with Gasteiger partial charge >= 0.3 is 0 Å². The molecule has 0 radical (unpaired) electrons. The monoisotopic (exact) mass is 338 g/mol. The van der Waals surface area contributed by atoms with Crippen LogP contribution in [0.15, 0.2) is 28.7 Å². The van der Waals surface area contributed by atoms with E-state index in [0.29, 0.717) is 6.04 Å². The summed E-state index contributed by atoms with van der Waals surface area (Å²) in [5, 5.41) is 6.42. The Bertz CT molecular complexity index is 425. The van der Waals surface area contributed by atoms with Gasteiger partial charge in [-0.05, 0) is 44.0 Å². The lowest BCUT2D eigenvalue weighted by Gasteiger charge is -2.21. The molecule has 0 saturated heterocycles. The summed E-state index contributed by atoms with van der Waals surface area (Å²) in [6.45, 7) is 1.94. The third kappa shape index (κ3) is 4.91. The summed E-state index contributed by atoms with van der Waals surface area (Å²) in [5.41, 5.74) is 0.840. The van der Waals surface area contributed by atoms with Crippen molar-refractivity contribution in [2.75, 3.05) is 5.32 Å². The molecule has 0 bridgehead atoms. The zero-order chi connectivity index (χ0) is 14.4. The second-order valence-electron chi connectivity index (χ2n) is 5.57. The molecule has 2 N–H and O–H groups in total. The van der Waals surface area contributed by atoms with Crippen LogP contribution in [0.5, 0.6) is 0 Å². The molecule has 1 aliphatic rings. The van der Waals surface area contributed by atoms with Gasteiger partial charge in [0, 0.05) is 16.2 Å². The molecule has 4 heteroatoms. The molecule has 3 nitrogen and oxygen atoms in total. The summed E-state index contributed by atoms with van der Waals surface area (Å²) in [7, 11) is 0. The molecule has 20 heavy (non-hydrogen) atoms. The average molecular weight is 339 g/mol. The van der Waals surface area contributed by atoms with Crippen molar-refractivity contribution in [3.8, 4) is 0 Å². The molecule has 0 aromatic heterocycles. The molecular weight excluding hydrogens is 316 g/mol. The van der Waals surface area contributed by atoms with Gasteiger partial charge in [0.05, 0.1) is 6.04 Å². The maximum atomic E-state index is 12.2. The van der Waals surface area contributed by atoms with E-state index in [9.17, 15) is 4.79 Å². The Morgan fingerprint density at radius 2 is 1.75 bits per heavy atom. The lowest BCUT2D eigenvalue weighted by atomic mass is 10.1. The van der Waals surface area contributed by atoms with Crippen molar-refractivity contribution in [3.63, 3.8) is 0 Å². The number of halogens is 1. The topological polar surface area (TPSA) is 41.1 Å². The van der Waals surface area contributed by atoms with Gasteiger partial charge in [-0.3, -0.25) is 4.79 Å². The standard InChI is InChI=1S/C16H23BrN2O/c1-12(18-14-6-4-2-3-5-7-14)16(20)19-15-10-8-13(17)9-11-15/h8-12,14,18H,2-7H2,1H3,(H,19,20)/t12-/m1/s1. The number of nitrogens with one attached hydrogen (secondary N) is 2. The fourth-order valence-electron chi connectivity index (χ4n) is 2.66. The number of anilines is 1. The van der Waals surface area contributed by atoms with E-state index in [0.717, 1.165) is 10.2 Å². The average Bonchev–Trinajstić information content (AvgIpc) is 2.70. The van der Waals surface area contributed by atoms with E-state index in [1.165, 1.54) is 38.5 Å². The Hall–Kier alpha value is -0.870. The highest BCUT2D eigenvalue weighted by molar-refractivity contribution is 9.10. The van der Waals surface area contributed by atoms with Crippen LogP contribution in [0.1, 0.15) is 45.4 Å². The minimum Gasteiger partial charge on any atom is -0.325 e.